The summed E-state index contributed by atoms with van der Waals surface area (Å²) in [7, 11) is 0. The largest absolute Gasteiger partial charge is 0.394 e. The normalized spacial score (nSPS) is 14.5. The maximum atomic E-state index is 12.5. The first-order chi connectivity index (χ1) is 25.5. The zero-order valence-electron chi connectivity index (χ0n) is 34.3. The van der Waals surface area contributed by atoms with E-state index in [0.29, 0.717) is 19.3 Å². The molecule has 0 saturated heterocycles. The van der Waals surface area contributed by atoms with Crippen molar-refractivity contribution in [2.75, 3.05) is 6.61 Å². The van der Waals surface area contributed by atoms with Gasteiger partial charge in [0.1, 0.15) is 12.2 Å². The average molecular weight is 734 g/mol. The number of nitrogens with one attached hydrogen (secondary N) is 1. The van der Waals surface area contributed by atoms with Crippen molar-refractivity contribution in [1.82, 2.24) is 5.32 Å². The highest BCUT2D eigenvalue weighted by Crippen LogP contribution is 2.16. The first-order valence-electron chi connectivity index (χ1n) is 22.4. The average Bonchev–Trinajstić information content (AvgIpc) is 3.15. The molecule has 0 aromatic heterocycles. The van der Waals surface area contributed by atoms with E-state index in [1.807, 2.05) is 0 Å². The molecule has 6 nitrogen and oxygen atoms in total. The van der Waals surface area contributed by atoms with E-state index in [9.17, 15) is 25.2 Å². The minimum Gasteiger partial charge on any atom is -0.394 e. The molecule has 0 aromatic carbocycles. The molecule has 0 heterocycles. The van der Waals surface area contributed by atoms with E-state index in [4.69, 9.17) is 0 Å². The maximum absolute atomic E-state index is 12.5. The van der Waals surface area contributed by atoms with Crippen molar-refractivity contribution in [3.63, 3.8) is 0 Å². The Morgan fingerprint density at radius 1 is 0.462 bits per heavy atom. The standard InChI is InChI=1S/C46H87NO5/c1-3-5-7-9-11-13-15-17-19-20-21-22-23-24-25-26-28-30-32-34-36-38-40-44(50)46(52)47-42(41-48)45(51)43(49)39-37-35-33-31-29-27-18-16-14-12-10-8-6-4-2/h8,10,16,18,31,33,42-45,48-51H,3-7,9,11-15,17,19-30,32,34-41H2,1-2H3,(H,47,52)/b10-8+,18-16+,33-31+. The second-order valence-electron chi connectivity index (χ2n) is 15.4. The maximum Gasteiger partial charge on any atom is 0.249 e. The van der Waals surface area contributed by atoms with E-state index >= 15 is 0 Å². The van der Waals surface area contributed by atoms with Gasteiger partial charge in [-0.2, -0.15) is 0 Å². The number of carbonyl (C=O) groups is 1. The van der Waals surface area contributed by atoms with Crippen molar-refractivity contribution >= 4 is 5.91 Å². The van der Waals surface area contributed by atoms with E-state index < -0.39 is 36.9 Å². The number of amides is 1. The van der Waals surface area contributed by atoms with Crippen LogP contribution in [0.5, 0.6) is 0 Å². The molecule has 0 fully saturated rings. The van der Waals surface area contributed by atoms with Gasteiger partial charge in [-0.05, 0) is 57.8 Å². The summed E-state index contributed by atoms with van der Waals surface area (Å²) in [5, 5.41) is 43.6. The molecule has 0 rings (SSSR count). The molecule has 0 radical (unpaired) electrons. The lowest BCUT2D eigenvalue weighted by molar-refractivity contribution is -0.132. The number of carbonyl (C=O) groups excluding carboxylic acids is 1. The Morgan fingerprint density at radius 3 is 1.21 bits per heavy atom. The van der Waals surface area contributed by atoms with E-state index in [2.05, 4.69) is 55.6 Å². The molecule has 306 valence electrons. The lowest BCUT2D eigenvalue weighted by Gasteiger charge is -2.27. The molecule has 4 unspecified atom stereocenters. The molecule has 0 spiro atoms. The van der Waals surface area contributed by atoms with E-state index in [1.54, 1.807) is 0 Å². The smallest absolute Gasteiger partial charge is 0.249 e. The van der Waals surface area contributed by atoms with Crippen LogP contribution in [0, 0.1) is 0 Å². The minimum absolute atomic E-state index is 0.361. The Hall–Kier alpha value is -1.47. The van der Waals surface area contributed by atoms with Crippen LogP contribution < -0.4 is 5.32 Å². The lowest BCUT2D eigenvalue weighted by Crippen LogP contribution is -2.53. The Kier molecular flexibility index (Phi) is 39.6. The van der Waals surface area contributed by atoms with Gasteiger partial charge in [0.2, 0.25) is 5.91 Å². The highest BCUT2D eigenvalue weighted by Gasteiger charge is 2.28. The van der Waals surface area contributed by atoms with E-state index in [-0.39, 0.29) is 0 Å². The minimum atomic E-state index is -1.29. The molecule has 52 heavy (non-hydrogen) atoms. The number of hydrogen-bond acceptors (Lipinski definition) is 5. The van der Waals surface area contributed by atoms with Crippen molar-refractivity contribution in [3.05, 3.63) is 36.5 Å². The molecule has 0 bridgehead atoms. The van der Waals surface area contributed by atoms with Gasteiger partial charge in [-0.15, -0.1) is 0 Å². The van der Waals surface area contributed by atoms with Crippen molar-refractivity contribution < 1.29 is 25.2 Å². The predicted octanol–water partition coefficient (Wildman–Crippen LogP) is 11.7. The predicted molar refractivity (Wildman–Crippen MR) is 224 cm³/mol. The molecular weight excluding hydrogens is 647 g/mol. The highest BCUT2D eigenvalue weighted by atomic mass is 16.3. The molecule has 5 N–H and O–H groups in total. The zero-order valence-corrected chi connectivity index (χ0v) is 34.3. The van der Waals surface area contributed by atoms with Crippen LogP contribution in [-0.4, -0.2) is 57.3 Å². The van der Waals surface area contributed by atoms with Crippen LogP contribution in [0.2, 0.25) is 0 Å². The molecule has 0 aliphatic rings. The van der Waals surface area contributed by atoms with Crippen LogP contribution >= 0.6 is 0 Å². The van der Waals surface area contributed by atoms with Crippen LogP contribution in [0.25, 0.3) is 0 Å². The van der Waals surface area contributed by atoms with Gasteiger partial charge in [-0.25, -0.2) is 0 Å². The number of hydrogen-bond donors (Lipinski definition) is 5. The SMILES string of the molecule is CCC/C=C/CC/C=C/CC/C=C/CCCC(O)C(O)C(CO)NC(=O)C(O)CCCCCCCCCCCCCCCCCCCCCCCC. The third-order valence-electron chi connectivity index (χ3n) is 10.3. The summed E-state index contributed by atoms with van der Waals surface area (Å²) in [6.45, 7) is 3.97. The van der Waals surface area contributed by atoms with E-state index in [0.717, 1.165) is 57.8 Å². The van der Waals surface area contributed by atoms with Gasteiger partial charge in [-0.1, -0.05) is 198 Å². The Labute approximate surface area is 322 Å². The van der Waals surface area contributed by atoms with Gasteiger partial charge in [0, 0.05) is 0 Å². The monoisotopic (exact) mass is 734 g/mol. The van der Waals surface area contributed by atoms with Gasteiger partial charge in [0.25, 0.3) is 0 Å². The fraction of sp³-hybridized carbons (Fsp3) is 0.848. The van der Waals surface area contributed by atoms with Crippen molar-refractivity contribution in [2.24, 2.45) is 0 Å². The third kappa shape index (κ3) is 34.3. The Morgan fingerprint density at radius 2 is 0.827 bits per heavy atom. The van der Waals surface area contributed by atoms with Crippen LogP contribution in [-0.2, 0) is 4.79 Å². The molecule has 0 aliphatic carbocycles. The molecule has 0 aliphatic heterocycles. The fourth-order valence-electron chi connectivity index (χ4n) is 6.74. The van der Waals surface area contributed by atoms with Gasteiger partial charge in [0.15, 0.2) is 0 Å². The molecular formula is C46H87NO5. The van der Waals surface area contributed by atoms with Gasteiger partial charge < -0.3 is 25.7 Å². The summed E-state index contributed by atoms with van der Waals surface area (Å²) in [6, 6.07) is -1.01. The lowest BCUT2D eigenvalue weighted by atomic mass is 10.00. The summed E-state index contributed by atoms with van der Waals surface area (Å²) in [5.41, 5.74) is 0. The van der Waals surface area contributed by atoms with Crippen LogP contribution in [0.15, 0.2) is 36.5 Å². The van der Waals surface area contributed by atoms with Crippen LogP contribution in [0.1, 0.15) is 219 Å². The first-order valence-corrected chi connectivity index (χ1v) is 22.4. The second-order valence-corrected chi connectivity index (χ2v) is 15.4. The number of aliphatic hydroxyl groups excluding tert-OH is 4. The topological polar surface area (TPSA) is 110 Å². The second kappa shape index (κ2) is 40.7. The van der Waals surface area contributed by atoms with Gasteiger partial charge in [0.05, 0.1) is 18.8 Å². The number of unbranched alkanes of at least 4 members (excludes halogenated alkanes) is 25. The van der Waals surface area contributed by atoms with Crippen LogP contribution in [0.4, 0.5) is 0 Å². The summed E-state index contributed by atoms with van der Waals surface area (Å²) < 4.78 is 0. The Balaban J connectivity index is 3.73. The van der Waals surface area contributed by atoms with Crippen molar-refractivity contribution in [3.8, 4) is 0 Å². The molecule has 0 aromatic rings. The number of rotatable bonds is 40. The number of allylic oxidation sites excluding steroid dienone is 6. The van der Waals surface area contributed by atoms with Gasteiger partial charge in [-0.3, -0.25) is 4.79 Å². The fourth-order valence-corrected chi connectivity index (χ4v) is 6.74. The Bertz CT molecular complexity index is 828. The summed E-state index contributed by atoms with van der Waals surface area (Å²) in [5.74, 6) is -0.598. The summed E-state index contributed by atoms with van der Waals surface area (Å²) in [4.78, 5) is 12.5. The molecule has 0 saturated carbocycles. The van der Waals surface area contributed by atoms with E-state index in [1.165, 1.54) is 128 Å². The van der Waals surface area contributed by atoms with Crippen molar-refractivity contribution in [2.45, 2.75) is 244 Å². The molecule has 6 heteroatoms. The molecule has 1 amide bonds. The molecule has 4 atom stereocenters. The number of aliphatic hydroxyl groups is 4. The first kappa shape index (κ1) is 50.5. The van der Waals surface area contributed by atoms with Crippen LogP contribution in [0.3, 0.4) is 0 Å². The quantitative estimate of drug-likeness (QED) is 0.0318. The highest BCUT2D eigenvalue weighted by molar-refractivity contribution is 5.80. The zero-order chi connectivity index (χ0) is 38.2. The van der Waals surface area contributed by atoms with Gasteiger partial charge >= 0.3 is 0 Å². The summed E-state index contributed by atoms with van der Waals surface area (Å²) in [6.07, 6.45) is 47.5. The third-order valence-corrected chi connectivity index (χ3v) is 10.3. The van der Waals surface area contributed by atoms with Crippen molar-refractivity contribution in [1.29, 1.82) is 0 Å². The summed E-state index contributed by atoms with van der Waals surface area (Å²) >= 11 is 0.